The number of hydrogen-bond donors (Lipinski definition) is 1. The van der Waals surface area contributed by atoms with Gasteiger partial charge in [0.05, 0.1) is 12.0 Å². The zero-order valence-electron chi connectivity index (χ0n) is 7.67. The first-order valence-corrected chi connectivity index (χ1v) is 4.06. The first kappa shape index (κ1) is 8.84. The smallest absolute Gasteiger partial charge is 0.0949 e. The van der Waals surface area contributed by atoms with Crippen LogP contribution < -0.4 is 5.32 Å². The van der Waals surface area contributed by atoms with E-state index >= 15 is 0 Å². The summed E-state index contributed by atoms with van der Waals surface area (Å²) < 4.78 is 2.06. The van der Waals surface area contributed by atoms with Crippen molar-refractivity contribution in [1.29, 1.82) is 0 Å². The number of aryl methyl sites for hydroxylation is 1. The normalized spacial score (nSPS) is 9.83. The molecule has 3 nitrogen and oxygen atoms in total. The lowest BCUT2D eigenvalue weighted by Crippen LogP contribution is -2.16. The molecule has 0 fully saturated rings. The lowest BCUT2D eigenvalue weighted by atomic mass is 10.5. The van der Waals surface area contributed by atoms with Gasteiger partial charge in [0.1, 0.15) is 0 Å². The van der Waals surface area contributed by atoms with Crippen molar-refractivity contribution in [2.24, 2.45) is 0 Å². The molecule has 0 saturated carbocycles. The molecule has 0 aliphatic carbocycles. The third kappa shape index (κ3) is 2.78. The van der Waals surface area contributed by atoms with E-state index < -0.39 is 0 Å². The van der Waals surface area contributed by atoms with Crippen molar-refractivity contribution in [2.75, 3.05) is 6.54 Å². The molecule has 0 radical (unpaired) electrons. The first-order chi connectivity index (χ1) is 5.68. The fraction of sp³-hybridized carbons (Fsp3) is 0.444. The van der Waals surface area contributed by atoms with Crippen LogP contribution in [0.25, 0.3) is 0 Å². The van der Waals surface area contributed by atoms with Crippen molar-refractivity contribution in [2.45, 2.75) is 20.4 Å². The van der Waals surface area contributed by atoms with Crippen molar-refractivity contribution in [1.82, 2.24) is 14.9 Å². The fourth-order valence-electron chi connectivity index (χ4n) is 0.993. The molecular weight excluding hydrogens is 150 g/mol. The Bertz CT molecular complexity index is 262. The summed E-state index contributed by atoms with van der Waals surface area (Å²) in [7, 11) is 0. The van der Waals surface area contributed by atoms with Crippen LogP contribution in [0.3, 0.4) is 0 Å². The number of rotatable bonds is 4. The second-order valence-electron chi connectivity index (χ2n) is 2.96. The van der Waals surface area contributed by atoms with Crippen molar-refractivity contribution in [3.05, 3.63) is 30.5 Å². The number of aromatic nitrogens is 2. The van der Waals surface area contributed by atoms with E-state index in [1.807, 2.05) is 26.4 Å². The molecule has 1 N–H and O–H groups in total. The van der Waals surface area contributed by atoms with Gasteiger partial charge in [-0.15, -0.1) is 0 Å². The monoisotopic (exact) mass is 165 g/mol. The van der Waals surface area contributed by atoms with Gasteiger partial charge >= 0.3 is 0 Å². The molecule has 0 unspecified atom stereocenters. The van der Waals surface area contributed by atoms with E-state index in [-0.39, 0.29) is 0 Å². The maximum absolute atomic E-state index is 4.13. The molecule has 0 aromatic carbocycles. The van der Waals surface area contributed by atoms with Crippen LogP contribution in [0.1, 0.15) is 12.6 Å². The third-order valence-electron chi connectivity index (χ3n) is 1.56. The van der Waals surface area contributed by atoms with Gasteiger partial charge in [0.2, 0.25) is 0 Å². The summed E-state index contributed by atoms with van der Waals surface area (Å²) in [4.78, 5) is 4.13. The van der Waals surface area contributed by atoms with E-state index in [9.17, 15) is 0 Å². The van der Waals surface area contributed by atoms with E-state index in [4.69, 9.17) is 0 Å². The van der Waals surface area contributed by atoms with Crippen LogP contribution in [0.2, 0.25) is 0 Å². The molecule has 0 aliphatic heterocycles. The molecule has 0 saturated heterocycles. The summed E-state index contributed by atoms with van der Waals surface area (Å²) in [6, 6.07) is 0. The average molecular weight is 165 g/mol. The second-order valence-corrected chi connectivity index (χ2v) is 2.96. The molecule has 1 heterocycles. The summed E-state index contributed by atoms with van der Waals surface area (Å²) in [5, 5.41) is 3.16. The van der Waals surface area contributed by atoms with E-state index in [0.29, 0.717) is 0 Å². The molecule has 0 spiro atoms. The van der Waals surface area contributed by atoms with E-state index in [2.05, 4.69) is 21.4 Å². The highest BCUT2D eigenvalue weighted by Crippen LogP contribution is 1.92. The minimum absolute atomic E-state index is 0.908. The second kappa shape index (κ2) is 3.95. The van der Waals surface area contributed by atoms with E-state index in [1.165, 1.54) is 0 Å². The molecule has 0 amide bonds. The summed E-state index contributed by atoms with van der Waals surface area (Å²) in [5.74, 6) is 0. The van der Waals surface area contributed by atoms with Gasteiger partial charge in [-0.25, -0.2) is 4.98 Å². The third-order valence-corrected chi connectivity index (χ3v) is 1.56. The molecule has 0 bridgehead atoms. The Morgan fingerprint density at radius 3 is 3.00 bits per heavy atom. The van der Waals surface area contributed by atoms with Crippen LogP contribution in [0.15, 0.2) is 24.8 Å². The van der Waals surface area contributed by atoms with Gasteiger partial charge < -0.3 is 9.88 Å². The summed E-state index contributed by atoms with van der Waals surface area (Å²) in [6.45, 7) is 9.55. The maximum atomic E-state index is 4.13. The first-order valence-electron chi connectivity index (χ1n) is 4.06. The minimum atomic E-state index is 0.908. The topological polar surface area (TPSA) is 29.9 Å². The molecule has 1 aromatic rings. The fourth-order valence-corrected chi connectivity index (χ4v) is 0.993. The summed E-state index contributed by atoms with van der Waals surface area (Å²) in [5.41, 5.74) is 2.07. The molecule has 1 aromatic heterocycles. The predicted octanol–water partition coefficient (Wildman–Crippen LogP) is 1.31. The molecule has 12 heavy (non-hydrogen) atoms. The standard InChI is InChI=1S/C9H15N3/c1-8(2)10-4-5-12-6-9(3)11-7-12/h6-7,10H,1,4-5H2,2-3H3. The number of nitrogens with zero attached hydrogens (tertiary/aromatic N) is 2. The molecule has 3 heteroatoms. The van der Waals surface area contributed by atoms with Crippen LogP contribution in [0, 0.1) is 6.92 Å². The molecular formula is C9H15N3. The number of nitrogens with one attached hydrogen (secondary N) is 1. The maximum Gasteiger partial charge on any atom is 0.0949 e. The van der Waals surface area contributed by atoms with Gasteiger partial charge in [-0.1, -0.05) is 6.58 Å². The molecule has 66 valence electrons. The summed E-state index contributed by atoms with van der Waals surface area (Å²) in [6.07, 6.45) is 3.87. The van der Waals surface area contributed by atoms with Crippen molar-refractivity contribution < 1.29 is 0 Å². The highest BCUT2D eigenvalue weighted by molar-refractivity contribution is 4.92. The van der Waals surface area contributed by atoms with Crippen molar-refractivity contribution >= 4 is 0 Å². The van der Waals surface area contributed by atoms with Crippen LogP contribution in [-0.4, -0.2) is 16.1 Å². The van der Waals surface area contributed by atoms with Gasteiger partial charge in [-0.3, -0.25) is 0 Å². The van der Waals surface area contributed by atoms with Gasteiger partial charge in [0.15, 0.2) is 0 Å². The Morgan fingerprint density at radius 1 is 1.75 bits per heavy atom. The van der Waals surface area contributed by atoms with Crippen molar-refractivity contribution in [3.8, 4) is 0 Å². The zero-order chi connectivity index (χ0) is 8.97. The van der Waals surface area contributed by atoms with Crippen molar-refractivity contribution in [3.63, 3.8) is 0 Å². The predicted molar refractivity (Wildman–Crippen MR) is 49.8 cm³/mol. The lowest BCUT2D eigenvalue weighted by molar-refractivity contribution is 0.646. The SMILES string of the molecule is C=C(C)NCCn1cnc(C)c1. The van der Waals surface area contributed by atoms with Gasteiger partial charge in [-0.05, 0) is 13.8 Å². The average Bonchev–Trinajstić information content (AvgIpc) is 2.35. The minimum Gasteiger partial charge on any atom is -0.387 e. The Balaban J connectivity index is 2.29. The van der Waals surface area contributed by atoms with Crippen LogP contribution >= 0.6 is 0 Å². The number of allylic oxidation sites excluding steroid dienone is 1. The van der Waals surface area contributed by atoms with E-state index in [1.54, 1.807) is 0 Å². The zero-order valence-corrected chi connectivity index (χ0v) is 7.67. The number of hydrogen-bond acceptors (Lipinski definition) is 2. The highest BCUT2D eigenvalue weighted by Gasteiger charge is 1.91. The molecule has 0 atom stereocenters. The highest BCUT2D eigenvalue weighted by atomic mass is 15.0. The van der Waals surface area contributed by atoms with Gasteiger partial charge in [0.25, 0.3) is 0 Å². The van der Waals surface area contributed by atoms with E-state index in [0.717, 1.165) is 24.5 Å². The largest absolute Gasteiger partial charge is 0.387 e. The quantitative estimate of drug-likeness (QED) is 0.729. The summed E-state index contributed by atoms with van der Waals surface area (Å²) >= 11 is 0. The Labute approximate surface area is 73.1 Å². The van der Waals surface area contributed by atoms with Crippen LogP contribution in [0.5, 0.6) is 0 Å². The van der Waals surface area contributed by atoms with Gasteiger partial charge in [0, 0.05) is 25.0 Å². The lowest BCUT2D eigenvalue weighted by Gasteiger charge is -2.04. The molecule has 0 aliphatic rings. The molecule has 1 rings (SSSR count). The van der Waals surface area contributed by atoms with Crippen LogP contribution in [0.4, 0.5) is 0 Å². The Kier molecular flexibility index (Phi) is 2.91. The van der Waals surface area contributed by atoms with Gasteiger partial charge in [-0.2, -0.15) is 0 Å². The Hall–Kier alpha value is -1.25. The Morgan fingerprint density at radius 2 is 2.50 bits per heavy atom. The number of imidazole rings is 1. The van der Waals surface area contributed by atoms with Crippen LogP contribution in [-0.2, 0) is 6.54 Å².